The van der Waals surface area contributed by atoms with Crippen molar-refractivity contribution in [2.24, 2.45) is 28.6 Å². The van der Waals surface area contributed by atoms with Crippen LogP contribution in [-0.2, 0) is 32.3 Å². The van der Waals surface area contributed by atoms with Crippen LogP contribution >= 0.6 is 0 Å². The second-order valence-electron chi connectivity index (χ2n) is 13.2. The van der Waals surface area contributed by atoms with Crippen molar-refractivity contribution in [3.8, 4) is 0 Å². The molecule has 0 radical (unpaired) electrons. The average molecular weight is 571 g/mol. The number of nitrogens with zero attached hydrogens (tertiary/aromatic N) is 3. The second kappa shape index (κ2) is 9.91. The lowest BCUT2D eigenvalue weighted by molar-refractivity contribution is -0.151. The number of rotatable bonds is 6. The fourth-order valence-electron chi connectivity index (χ4n) is 7.94. The van der Waals surface area contributed by atoms with Gasteiger partial charge in [-0.25, -0.2) is 0 Å². The van der Waals surface area contributed by atoms with E-state index >= 15 is 0 Å². The van der Waals surface area contributed by atoms with Gasteiger partial charge in [0.15, 0.2) is 0 Å². The molecule has 1 aromatic heterocycles. The lowest BCUT2D eigenvalue weighted by atomic mass is 9.71. The Morgan fingerprint density at radius 3 is 2.57 bits per heavy atom. The molecule has 220 valence electrons. The van der Waals surface area contributed by atoms with E-state index in [-0.39, 0.29) is 52.9 Å². The number of ether oxygens (including phenoxy) is 1. The van der Waals surface area contributed by atoms with Crippen LogP contribution in [0.2, 0.25) is 0 Å². The molecule has 10 nitrogen and oxygen atoms in total. The van der Waals surface area contributed by atoms with E-state index in [1.165, 1.54) is 0 Å². The zero-order valence-electron chi connectivity index (χ0n) is 24.3. The van der Waals surface area contributed by atoms with Crippen molar-refractivity contribution >= 4 is 28.6 Å². The number of aromatic amines is 1. The highest BCUT2D eigenvalue weighted by Crippen LogP contribution is 2.63. The van der Waals surface area contributed by atoms with Crippen molar-refractivity contribution in [3.05, 3.63) is 65.9 Å². The molecule has 1 unspecified atom stereocenters. The van der Waals surface area contributed by atoms with Gasteiger partial charge in [-0.3, -0.25) is 24.4 Å². The monoisotopic (exact) mass is 570 g/mol. The summed E-state index contributed by atoms with van der Waals surface area (Å²) in [6.45, 7) is 7.36. The molecule has 4 aliphatic heterocycles. The molecule has 2 aromatic carbocycles. The minimum Gasteiger partial charge on any atom is -0.371 e. The molecular weight excluding hydrogens is 532 g/mol. The Kier molecular flexibility index (Phi) is 6.40. The number of benzene rings is 2. The molecule has 42 heavy (non-hydrogen) atoms. The molecule has 10 heteroatoms. The summed E-state index contributed by atoms with van der Waals surface area (Å²) >= 11 is 0. The topological polar surface area (TPSA) is 120 Å². The summed E-state index contributed by atoms with van der Waals surface area (Å²) in [6, 6.07) is 16.9. The fraction of sp³-hybridized carbons (Fsp3) is 0.500. The maximum absolute atomic E-state index is 14.1. The van der Waals surface area contributed by atoms with Gasteiger partial charge in [-0.1, -0.05) is 62.4 Å². The molecular formula is C32H38N6O4. The number of fused-ring (bicyclic) bond motifs is 4. The maximum Gasteiger partial charge on any atom is 0.245 e. The minimum atomic E-state index is -0.916. The predicted molar refractivity (Wildman–Crippen MR) is 156 cm³/mol. The van der Waals surface area contributed by atoms with Gasteiger partial charge in [0.1, 0.15) is 6.04 Å². The molecule has 1 saturated carbocycles. The van der Waals surface area contributed by atoms with Crippen LogP contribution in [0.15, 0.2) is 54.6 Å². The first kappa shape index (κ1) is 27.1. The zero-order valence-corrected chi connectivity index (χ0v) is 24.3. The molecule has 1 aliphatic carbocycles. The van der Waals surface area contributed by atoms with E-state index in [1.807, 2.05) is 53.4 Å². The molecule has 5 fully saturated rings. The number of likely N-dealkylation sites (N-methyl/N-ethyl adjacent to an activating group) is 1. The number of aromatic nitrogens is 2. The van der Waals surface area contributed by atoms with E-state index in [0.29, 0.717) is 32.7 Å². The van der Waals surface area contributed by atoms with Crippen LogP contribution in [0.1, 0.15) is 25.1 Å². The molecule has 3 N–H and O–H groups in total. The lowest BCUT2D eigenvalue weighted by Crippen LogP contribution is -2.65. The smallest absolute Gasteiger partial charge is 0.245 e. The minimum absolute atomic E-state index is 0.103. The van der Waals surface area contributed by atoms with E-state index < -0.39 is 12.1 Å². The molecule has 4 saturated heterocycles. The van der Waals surface area contributed by atoms with Gasteiger partial charge in [-0.05, 0) is 17.0 Å². The van der Waals surface area contributed by atoms with E-state index in [2.05, 4.69) is 45.6 Å². The van der Waals surface area contributed by atoms with Crippen LogP contribution in [0.25, 0.3) is 10.9 Å². The van der Waals surface area contributed by atoms with Crippen LogP contribution in [0.3, 0.4) is 0 Å². The summed E-state index contributed by atoms with van der Waals surface area (Å²) < 4.78 is 6.49. The van der Waals surface area contributed by atoms with Gasteiger partial charge in [0.05, 0.1) is 29.8 Å². The highest BCUT2D eigenvalue weighted by atomic mass is 16.5. The van der Waals surface area contributed by atoms with Gasteiger partial charge in [0.2, 0.25) is 17.7 Å². The Bertz CT molecular complexity index is 1530. The van der Waals surface area contributed by atoms with Gasteiger partial charge in [-0.15, -0.1) is 0 Å². The summed E-state index contributed by atoms with van der Waals surface area (Å²) in [7, 11) is 1.57. The van der Waals surface area contributed by atoms with E-state index in [0.717, 1.165) is 22.2 Å². The number of H-pyrrole nitrogens is 1. The Morgan fingerprint density at radius 1 is 1.07 bits per heavy atom. The third-order valence-corrected chi connectivity index (χ3v) is 10.3. The van der Waals surface area contributed by atoms with Crippen molar-refractivity contribution in [1.82, 2.24) is 30.6 Å². The van der Waals surface area contributed by atoms with Crippen LogP contribution in [0, 0.1) is 28.6 Å². The summed E-state index contributed by atoms with van der Waals surface area (Å²) in [5.41, 5.74) is 2.17. The van der Waals surface area contributed by atoms with Gasteiger partial charge in [0, 0.05) is 62.4 Å². The number of para-hydroxylation sites is 1. The predicted octanol–water partition coefficient (Wildman–Crippen LogP) is 1.93. The number of nitrogens with one attached hydrogen (secondary N) is 3. The molecule has 5 heterocycles. The maximum atomic E-state index is 14.1. The highest BCUT2D eigenvalue weighted by Gasteiger charge is 2.70. The van der Waals surface area contributed by atoms with Crippen molar-refractivity contribution in [2.45, 2.75) is 39.1 Å². The average Bonchev–Trinajstić information content (AvgIpc) is 3.25. The molecule has 1 spiro atoms. The van der Waals surface area contributed by atoms with Crippen LogP contribution < -0.4 is 10.6 Å². The van der Waals surface area contributed by atoms with E-state index in [9.17, 15) is 14.4 Å². The molecule has 5 atom stereocenters. The van der Waals surface area contributed by atoms with Crippen LogP contribution in [0.4, 0.5) is 0 Å². The standard InChI is InChI=1S/C32H38N6O4/c1-31(2)24-25(31)30(41)38-17-32(18-38)16-37(14-23-20-11-7-8-12-22(20)35-36-23)13-21(32)28(39)34-26(29(40)33-3)27(24)42-15-19-9-5-4-6-10-19/h4-12,21,24-27H,13-18H2,1-3H3,(H,33,40)(H,34,39)(H,35,36)/t21-,24?,25-,26+,27-/m1/s1. The molecule has 2 bridgehead atoms. The third-order valence-electron chi connectivity index (χ3n) is 10.3. The van der Waals surface area contributed by atoms with Crippen molar-refractivity contribution in [3.63, 3.8) is 0 Å². The normalized spacial score (nSPS) is 29.6. The third kappa shape index (κ3) is 4.31. The number of carbonyl (C=O) groups is 3. The molecule has 8 rings (SSSR count). The quantitative estimate of drug-likeness (QED) is 0.417. The first-order valence-electron chi connectivity index (χ1n) is 14.8. The van der Waals surface area contributed by atoms with Gasteiger partial charge >= 0.3 is 0 Å². The summed E-state index contributed by atoms with van der Waals surface area (Å²) in [6.07, 6.45) is -0.653. The number of hydrogen-bond acceptors (Lipinski definition) is 6. The molecule has 3 aromatic rings. The summed E-state index contributed by atoms with van der Waals surface area (Å²) in [5.74, 6) is -1.19. The highest BCUT2D eigenvalue weighted by molar-refractivity contribution is 5.91. The largest absolute Gasteiger partial charge is 0.371 e. The van der Waals surface area contributed by atoms with Crippen LogP contribution in [-0.4, -0.2) is 83.1 Å². The molecule has 3 amide bonds. The Morgan fingerprint density at radius 2 is 1.81 bits per heavy atom. The SMILES string of the molecule is CNC(=O)[C@H]1NC(=O)[C@H]2CN(Cc3[nH]nc4ccccc34)CC23CN(C3)C(=O)[C@H]2C([C@H]1OCc1ccccc1)C2(C)C. The van der Waals surface area contributed by atoms with Gasteiger partial charge in [0.25, 0.3) is 0 Å². The van der Waals surface area contributed by atoms with Gasteiger partial charge in [-0.2, -0.15) is 5.10 Å². The number of amides is 3. The van der Waals surface area contributed by atoms with Gasteiger partial charge < -0.3 is 20.3 Å². The van der Waals surface area contributed by atoms with Crippen molar-refractivity contribution in [1.29, 1.82) is 0 Å². The number of likely N-dealkylation sites (tertiary alicyclic amines) is 1. The Hall–Kier alpha value is -3.76. The number of carbonyl (C=O) groups excluding carboxylic acids is 3. The lowest BCUT2D eigenvalue weighted by Gasteiger charge is -2.50. The second-order valence-corrected chi connectivity index (χ2v) is 13.2. The summed E-state index contributed by atoms with van der Waals surface area (Å²) in [5, 5.41) is 14.6. The van der Waals surface area contributed by atoms with Crippen LogP contribution in [0.5, 0.6) is 0 Å². The van der Waals surface area contributed by atoms with E-state index in [1.54, 1.807) is 7.05 Å². The first-order valence-corrected chi connectivity index (χ1v) is 14.8. The Balaban J connectivity index is 1.19. The number of hydrogen-bond donors (Lipinski definition) is 3. The fourth-order valence-corrected chi connectivity index (χ4v) is 7.94. The first-order chi connectivity index (χ1) is 20.2. The Labute approximate surface area is 245 Å². The molecule has 5 aliphatic rings. The van der Waals surface area contributed by atoms with Crippen molar-refractivity contribution < 1.29 is 19.1 Å². The zero-order chi connectivity index (χ0) is 29.2. The van der Waals surface area contributed by atoms with Crippen molar-refractivity contribution in [2.75, 3.05) is 33.2 Å². The summed E-state index contributed by atoms with van der Waals surface area (Å²) in [4.78, 5) is 45.7. The van der Waals surface area contributed by atoms with E-state index in [4.69, 9.17) is 4.74 Å².